The van der Waals surface area contributed by atoms with Crippen molar-refractivity contribution in [1.82, 2.24) is 0 Å². The van der Waals surface area contributed by atoms with Crippen LogP contribution in [0, 0.1) is 0 Å². The van der Waals surface area contributed by atoms with E-state index < -0.39 is 0 Å². The summed E-state index contributed by atoms with van der Waals surface area (Å²) in [6, 6.07) is 5.24. The molecule has 0 aliphatic carbocycles. The molecular weight excluding hydrogens is 275 g/mol. The Labute approximate surface area is 94.5 Å². The van der Waals surface area contributed by atoms with E-state index in [9.17, 15) is 4.79 Å². The highest BCUT2D eigenvalue weighted by Crippen LogP contribution is 2.27. The Morgan fingerprint density at radius 2 is 2.15 bits per heavy atom. The van der Waals surface area contributed by atoms with E-state index in [2.05, 4.69) is 15.9 Å². The highest BCUT2D eigenvalue weighted by molar-refractivity contribution is 9.10. The van der Waals surface area contributed by atoms with Gasteiger partial charge in [-0.1, -0.05) is 29.3 Å². The summed E-state index contributed by atoms with van der Waals surface area (Å²) in [5.41, 5.74) is 0.724. The first-order chi connectivity index (χ1) is 6.15. The molecule has 0 aliphatic rings. The average molecular weight is 280 g/mol. The van der Waals surface area contributed by atoms with Crippen molar-refractivity contribution in [3.05, 3.63) is 39.3 Å². The number of carbonyl (C=O) groups is 1. The van der Waals surface area contributed by atoms with Crippen molar-refractivity contribution >= 4 is 50.5 Å². The predicted molar refractivity (Wildman–Crippen MR) is 59.0 cm³/mol. The Morgan fingerprint density at radius 1 is 1.46 bits per heavy atom. The summed E-state index contributed by atoms with van der Waals surface area (Å²) >= 11 is 14.9. The highest BCUT2D eigenvalue weighted by Gasteiger charge is 2.01. The van der Waals surface area contributed by atoms with Crippen LogP contribution >= 0.6 is 39.1 Å². The third-order valence-electron chi connectivity index (χ3n) is 1.41. The summed E-state index contributed by atoms with van der Waals surface area (Å²) in [7, 11) is 0. The molecule has 0 amide bonds. The van der Waals surface area contributed by atoms with Crippen molar-refractivity contribution < 1.29 is 4.79 Å². The van der Waals surface area contributed by atoms with Crippen LogP contribution in [-0.4, -0.2) is 6.29 Å². The van der Waals surface area contributed by atoms with Gasteiger partial charge in [0.2, 0.25) is 0 Å². The van der Waals surface area contributed by atoms with Crippen molar-refractivity contribution in [2.75, 3.05) is 0 Å². The fourth-order valence-corrected chi connectivity index (χ4v) is 1.40. The van der Waals surface area contributed by atoms with Gasteiger partial charge in [0, 0.05) is 4.47 Å². The van der Waals surface area contributed by atoms with Crippen molar-refractivity contribution in [3.63, 3.8) is 0 Å². The monoisotopic (exact) mass is 278 g/mol. The highest BCUT2D eigenvalue weighted by atomic mass is 79.9. The van der Waals surface area contributed by atoms with E-state index in [1.54, 1.807) is 18.2 Å². The number of halogens is 3. The van der Waals surface area contributed by atoms with E-state index >= 15 is 0 Å². The van der Waals surface area contributed by atoms with E-state index in [-0.39, 0.29) is 0 Å². The molecule has 1 rings (SSSR count). The summed E-state index contributed by atoms with van der Waals surface area (Å²) in [5.74, 6) is 0. The zero-order valence-corrected chi connectivity index (χ0v) is 9.53. The third-order valence-corrected chi connectivity index (χ3v) is 2.99. The van der Waals surface area contributed by atoms with Gasteiger partial charge in [-0.25, -0.2) is 0 Å². The number of carbonyl (C=O) groups excluding carboxylic acids is 1. The van der Waals surface area contributed by atoms with Crippen LogP contribution in [-0.2, 0) is 4.79 Å². The minimum atomic E-state index is 0.379. The Bertz CT molecular complexity index is 361. The van der Waals surface area contributed by atoms with Crippen molar-refractivity contribution in [2.45, 2.75) is 0 Å². The first kappa shape index (κ1) is 10.8. The first-order valence-corrected chi connectivity index (χ1v) is 4.96. The molecule has 0 fully saturated rings. The predicted octanol–water partition coefficient (Wildman–Crippen LogP) is 3.88. The summed E-state index contributed by atoms with van der Waals surface area (Å²) in [5, 5.41) is 0.944. The van der Waals surface area contributed by atoms with Gasteiger partial charge in [0.05, 0.1) is 10.1 Å². The Morgan fingerprint density at radius 3 is 2.69 bits per heavy atom. The number of hydrogen-bond acceptors (Lipinski definition) is 1. The van der Waals surface area contributed by atoms with Crippen LogP contribution in [0.4, 0.5) is 0 Å². The van der Waals surface area contributed by atoms with E-state index in [0.717, 1.165) is 10.0 Å². The van der Waals surface area contributed by atoms with Crippen molar-refractivity contribution in [3.8, 4) is 0 Å². The van der Waals surface area contributed by atoms with Gasteiger partial charge >= 0.3 is 0 Å². The van der Waals surface area contributed by atoms with Gasteiger partial charge in [-0.05, 0) is 39.7 Å². The summed E-state index contributed by atoms with van der Waals surface area (Å²) in [4.78, 5) is 10.1. The molecule has 0 aliphatic heterocycles. The summed E-state index contributed by atoms with van der Waals surface area (Å²) < 4.78 is 0.800. The lowest BCUT2D eigenvalue weighted by atomic mass is 10.2. The number of hydrogen-bond donors (Lipinski definition) is 0. The van der Waals surface area contributed by atoms with Crippen molar-refractivity contribution in [2.24, 2.45) is 0 Å². The number of aldehydes is 1. The molecule has 0 saturated carbocycles. The van der Waals surface area contributed by atoms with Gasteiger partial charge in [0.25, 0.3) is 0 Å². The number of rotatable bonds is 2. The van der Waals surface area contributed by atoms with Gasteiger partial charge < -0.3 is 0 Å². The normalized spacial score (nSPS) is 11.5. The SMILES string of the molecule is O=CC=C(Cl)c1ccc(Br)c(Cl)c1. The van der Waals surface area contributed by atoms with Crippen LogP contribution < -0.4 is 0 Å². The smallest absolute Gasteiger partial charge is 0.144 e. The van der Waals surface area contributed by atoms with Crippen LogP contribution in [0.1, 0.15) is 5.56 Å². The number of allylic oxidation sites excluding steroid dienone is 1. The zero-order chi connectivity index (χ0) is 9.84. The van der Waals surface area contributed by atoms with E-state index in [1.807, 2.05) is 0 Å². The van der Waals surface area contributed by atoms with Crippen LogP contribution in [0.15, 0.2) is 28.7 Å². The van der Waals surface area contributed by atoms with Crippen molar-refractivity contribution in [1.29, 1.82) is 0 Å². The van der Waals surface area contributed by atoms with E-state index in [1.165, 1.54) is 6.08 Å². The first-order valence-electron chi connectivity index (χ1n) is 3.41. The molecule has 0 radical (unpaired) electrons. The molecular formula is C9H5BrCl2O. The molecule has 0 bridgehead atoms. The van der Waals surface area contributed by atoms with Crippen LogP contribution in [0.2, 0.25) is 5.02 Å². The van der Waals surface area contributed by atoms with E-state index in [0.29, 0.717) is 16.3 Å². The Balaban J connectivity index is 3.10. The molecule has 0 heterocycles. The molecule has 1 nitrogen and oxygen atoms in total. The lowest BCUT2D eigenvalue weighted by molar-refractivity contribution is -0.104. The molecule has 1 aromatic carbocycles. The minimum Gasteiger partial charge on any atom is -0.299 e. The number of benzene rings is 1. The summed E-state index contributed by atoms with van der Waals surface area (Å²) in [6.07, 6.45) is 1.92. The minimum absolute atomic E-state index is 0.379. The second kappa shape index (κ2) is 4.80. The van der Waals surface area contributed by atoms with Gasteiger partial charge in [0.1, 0.15) is 6.29 Å². The Hall–Kier alpha value is -0.310. The molecule has 0 aromatic heterocycles. The van der Waals surface area contributed by atoms with Crippen LogP contribution in [0.3, 0.4) is 0 Å². The Kier molecular flexibility index (Phi) is 3.97. The fourth-order valence-electron chi connectivity index (χ4n) is 0.801. The molecule has 0 N–H and O–H groups in total. The lowest BCUT2D eigenvalue weighted by Crippen LogP contribution is -1.78. The molecule has 0 atom stereocenters. The molecule has 68 valence electrons. The quantitative estimate of drug-likeness (QED) is 0.593. The average Bonchev–Trinajstić information content (AvgIpc) is 2.10. The zero-order valence-electron chi connectivity index (χ0n) is 6.43. The van der Waals surface area contributed by atoms with Gasteiger partial charge in [-0.15, -0.1) is 0 Å². The molecule has 1 aromatic rings. The summed E-state index contributed by atoms with van der Waals surface area (Å²) in [6.45, 7) is 0. The second-order valence-corrected chi connectivity index (χ2v) is 3.95. The maximum atomic E-state index is 10.1. The molecule has 0 saturated heterocycles. The third kappa shape index (κ3) is 2.83. The maximum Gasteiger partial charge on any atom is 0.144 e. The van der Waals surface area contributed by atoms with E-state index in [4.69, 9.17) is 23.2 Å². The van der Waals surface area contributed by atoms with Gasteiger partial charge in [-0.2, -0.15) is 0 Å². The van der Waals surface area contributed by atoms with Crippen LogP contribution in [0.25, 0.3) is 5.03 Å². The maximum absolute atomic E-state index is 10.1. The topological polar surface area (TPSA) is 17.1 Å². The van der Waals surface area contributed by atoms with Gasteiger partial charge in [0.15, 0.2) is 0 Å². The molecule has 0 unspecified atom stereocenters. The molecule has 0 spiro atoms. The fraction of sp³-hybridized carbons (Fsp3) is 0. The second-order valence-electron chi connectivity index (χ2n) is 2.28. The largest absolute Gasteiger partial charge is 0.299 e. The van der Waals surface area contributed by atoms with Gasteiger partial charge in [-0.3, -0.25) is 4.79 Å². The standard InChI is InChI=1S/C9H5BrCl2O/c10-7-2-1-6(5-9(7)12)8(11)3-4-13/h1-5H. The van der Waals surface area contributed by atoms with Crippen LogP contribution in [0.5, 0.6) is 0 Å². The molecule has 4 heteroatoms. The lowest BCUT2D eigenvalue weighted by Gasteiger charge is -2.00. The molecule has 13 heavy (non-hydrogen) atoms.